The van der Waals surface area contributed by atoms with Crippen molar-refractivity contribution in [3.05, 3.63) is 35.9 Å². The molecule has 118 valence electrons. The van der Waals surface area contributed by atoms with E-state index in [0.717, 1.165) is 18.8 Å². The number of unbranched alkanes of at least 4 members (excludes halogenated alkanes) is 3. The molecule has 0 aromatic heterocycles. The molecule has 0 aliphatic heterocycles. The summed E-state index contributed by atoms with van der Waals surface area (Å²) in [5.41, 5.74) is 1.46. The second-order valence-electron chi connectivity index (χ2n) is 6.33. The van der Waals surface area contributed by atoms with Crippen LogP contribution < -0.4 is 0 Å². The highest BCUT2D eigenvalue weighted by molar-refractivity contribution is 5.77. The maximum absolute atomic E-state index is 11.2. The molecular formula is C20H32O. The summed E-state index contributed by atoms with van der Waals surface area (Å²) in [4.78, 5) is 11.2. The quantitative estimate of drug-likeness (QED) is 0.433. The van der Waals surface area contributed by atoms with Crippen LogP contribution >= 0.6 is 0 Å². The van der Waals surface area contributed by atoms with Gasteiger partial charge in [-0.05, 0) is 30.7 Å². The number of aryl methyl sites for hydroxylation is 1. The first-order valence-electron chi connectivity index (χ1n) is 8.78. The van der Waals surface area contributed by atoms with E-state index in [1.807, 2.05) is 6.92 Å². The van der Waals surface area contributed by atoms with Crippen LogP contribution in [0.4, 0.5) is 0 Å². The van der Waals surface area contributed by atoms with Crippen LogP contribution in [0.15, 0.2) is 30.3 Å². The molecule has 0 saturated carbocycles. The predicted molar refractivity (Wildman–Crippen MR) is 91.5 cm³/mol. The lowest BCUT2D eigenvalue weighted by Gasteiger charge is -2.10. The Morgan fingerprint density at radius 3 is 2.29 bits per heavy atom. The van der Waals surface area contributed by atoms with Crippen molar-refractivity contribution in [1.82, 2.24) is 0 Å². The highest BCUT2D eigenvalue weighted by Crippen LogP contribution is 2.17. The number of rotatable bonds is 12. The summed E-state index contributed by atoms with van der Waals surface area (Å²) in [6.07, 6.45) is 11.6. The third-order valence-electron chi connectivity index (χ3n) is 4.30. The second kappa shape index (κ2) is 11.5. The maximum atomic E-state index is 11.2. The third kappa shape index (κ3) is 9.44. The Kier molecular flexibility index (Phi) is 9.86. The molecule has 21 heavy (non-hydrogen) atoms. The van der Waals surface area contributed by atoms with Gasteiger partial charge in [0.2, 0.25) is 0 Å². The zero-order chi connectivity index (χ0) is 15.3. The standard InChI is InChI=1S/C20H32O/c1-3-20(21)17-11-10-13-18(2)12-6-4-7-14-19-15-8-5-9-16-19/h5,8-9,15-16,18H,3-4,6-7,10-14,17H2,1-2H3. The van der Waals surface area contributed by atoms with Crippen LogP contribution in [-0.2, 0) is 11.2 Å². The largest absolute Gasteiger partial charge is 0.300 e. The SMILES string of the molecule is CCC(=O)CCCCC(C)CCCCCc1ccccc1. The van der Waals surface area contributed by atoms with Crippen LogP contribution in [0.2, 0.25) is 0 Å². The van der Waals surface area contributed by atoms with Crippen LogP contribution in [0.5, 0.6) is 0 Å². The molecule has 0 bridgehead atoms. The summed E-state index contributed by atoms with van der Waals surface area (Å²) in [6, 6.07) is 10.8. The fourth-order valence-electron chi connectivity index (χ4n) is 2.78. The van der Waals surface area contributed by atoms with E-state index >= 15 is 0 Å². The monoisotopic (exact) mass is 288 g/mol. The number of carbonyl (C=O) groups excluding carboxylic acids is 1. The van der Waals surface area contributed by atoms with Gasteiger partial charge in [0, 0.05) is 12.8 Å². The minimum atomic E-state index is 0.420. The summed E-state index contributed by atoms with van der Waals surface area (Å²) in [6.45, 7) is 4.32. The van der Waals surface area contributed by atoms with Gasteiger partial charge in [0.05, 0.1) is 0 Å². The van der Waals surface area contributed by atoms with E-state index in [-0.39, 0.29) is 0 Å². The van der Waals surface area contributed by atoms with Crippen molar-refractivity contribution in [2.45, 2.75) is 78.1 Å². The van der Waals surface area contributed by atoms with E-state index < -0.39 is 0 Å². The summed E-state index contributed by atoms with van der Waals surface area (Å²) < 4.78 is 0. The average molecular weight is 288 g/mol. The molecule has 0 spiro atoms. The van der Waals surface area contributed by atoms with Gasteiger partial charge in [0.1, 0.15) is 5.78 Å². The van der Waals surface area contributed by atoms with Crippen LogP contribution in [-0.4, -0.2) is 5.78 Å². The first kappa shape index (κ1) is 17.9. The smallest absolute Gasteiger partial charge is 0.132 e. The van der Waals surface area contributed by atoms with Gasteiger partial charge in [-0.2, -0.15) is 0 Å². The summed E-state index contributed by atoms with van der Waals surface area (Å²) >= 11 is 0. The Morgan fingerprint density at radius 1 is 0.952 bits per heavy atom. The van der Waals surface area contributed by atoms with E-state index in [1.54, 1.807) is 0 Å². The minimum absolute atomic E-state index is 0.420. The molecule has 0 amide bonds. The van der Waals surface area contributed by atoms with Gasteiger partial charge in [-0.1, -0.05) is 76.3 Å². The maximum Gasteiger partial charge on any atom is 0.132 e. The van der Waals surface area contributed by atoms with Gasteiger partial charge in [-0.15, -0.1) is 0 Å². The first-order chi connectivity index (χ1) is 10.2. The van der Waals surface area contributed by atoms with Crippen LogP contribution in [0, 0.1) is 5.92 Å². The molecule has 0 N–H and O–H groups in total. The predicted octanol–water partition coefficient (Wildman–Crippen LogP) is 5.97. The Hall–Kier alpha value is -1.11. The lowest BCUT2D eigenvalue weighted by Crippen LogP contribution is -1.98. The summed E-state index contributed by atoms with van der Waals surface area (Å²) in [5, 5.41) is 0. The highest BCUT2D eigenvalue weighted by atomic mass is 16.1. The topological polar surface area (TPSA) is 17.1 Å². The number of hydrogen-bond acceptors (Lipinski definition) is 1. The normalized spacial score (nSPS) is 12.3. The molecule has 0 heterocycles. The number of ketones is 1. The average Bonchev–Trinajstić information content (AvgIpc) is 2.52. The van der Waals surface area contributed by atoms with Gasteiger partial charge in [-0.25, -0.2) is 0 Å². The van der Waals surface area contributed by atoms with E-state index in [9.17, 15) is 4.79 Å². The van der Waals surface area contributed by atoms with Crippen molar-refractivity contribution in [2.75, 3.05) is 0 Å². The molecule has 0 fully saturated rings. The highest BCUT2D eigenvalue weighted by Gasteiger charge is 2.03. The molecule has 1 aromatic carbocycles. The molecule has 1 unspecified atom stereocenters. The van der Waals surface area contributed by atoms with Gasteiger partial charge in [0.25, 0.3) is 0 Å². The van der Waals surface area contributed by atoms with E-state index in [4.69, 9.17) is 0 Å². The minimum Gasteiger partial charge on any atom is -0.300 e. The van der Waals surface area contributed by atoms with E-state index in [1.165, 1.54) is 50.5 Å². The van der Waals surface area contributed by atoms with Gasteiger partial charge in [0.15, 0.2) is 0 Å². The number of carbonyl (C=O) groups is 1. The van der Waals surface area contributed by atoms with Gasteiger partial charge in [-0.3, -0.25) is 4.79 Å². The fraction of sp³-hybridized carbons (Fsp3) is 0.650. The van der Waals surface area contributed by atoms with E-state index in [0.29, 0.717) is 12.2 Å². The Morgan fingerprint density at radius 2 is 1.62 bits per heavy atom. The van der Waals surface area contributed by atoms with Crippen molar-refractivity contribution < 1.29 is 4.79 Å². The third-order valence-corrected chi connectivity index (χ3v) is 4.30. The van der Waals surface area contributed by atoms with Crippen molar-refractivity contribution in [2.24, 2.45) is 5.92 Å². The molecule has 1 aromatic rings. The molecule has 0 radical (unpaired) electrons. The molecular weight excluding hydrogens is 256 g/mol. The first-order valence-corrected chi connectivity index (χ1v) is 8.78. The molecule has 1 heteroatoms. The zero-order valence-corrected chi connectivity index (χ0v) is 13.9. The Balaban J connectivity index is 1.93. The second-order valence-corrected chi connectivity index (χ2v) is 6.33. The summed E-state index contributed by atoms with van der Waals surface area (Å²) in [7, 11) is 0. The lowest BCUT2D eigenvalue weighted by molar-refractivity contribution is -0.118. The van der Waals surface area contributed by atoms with Crippen molar-refractivity contribution >= 4 is 5.78 Å². The number of hydrogen-bond donors (Lipinski definition) is 0. The molecule has 1 rings (SSSR count). The van der Waals surface area contributed by atoms with Crippen LogP contribution in [0.3, 0.4) is 0 Å². The van der Waals surface area contributed by atoms with Crippen molar-refractivity contribution in [3.63, 3.8) is 0 Å². The summed E-state index contributed by atoms with van der Waals surface area (Å²) in [5.74, 6) is 1.24. The van der Waals surface area contributed by atoms with Crippen LogP contribution in [0.25, 0.3) is 0 Å². The number of benzene rings is 1. The Labute approximate surface area is 131 Å². The molecule has 0 saturated heterocycles. The van der Waals surface area contributed by atoms with E-state index in [2.05, 4.69) is 37.3 Å². The van der Waals surface area contributed by atoms with Gasteiger partial charge < -0.3 is 0 Å². The lowest BCUT2D eigenvalue weighted by atomic mass is 9.95. The van der Waals surface area contributed by atoms with Gasteiger partial charge >= 0.3 is 0 Å². The Bertz CT molecular complexity index is 369. The zero-order valence-electron chi connectivity index (χ0n) is 13.9. The van der Waals surface area contributed by atoms with Crippen molar-refractivity contribution in [1.29, 1.82) is 0 Å². The molecule has 0 aliphatic carbocycles. The number of Topliss-reactive ketones (excluding diaryl/α,β-unsaturated/α-hetero) is 1. The molecule has 0 aliphatic rings. The van der Waals surface area contributed by atoms with Crippen molar-refractivity contribution in [3.8, 4) is 0 Å². The molecule has 1 nitrogen and oxygen atoms in total. The fourth-order valence-corrected chi connectivity index (χ4v) is 2.78. The molecule has 1 atom stereocenters. The van der Waals surface area contributed by atoms with Crippen LogP contribution in [0.1, 0.15) is 77.2 Å².